The molecule has 1 unspecified atom stereocenters. The molecule has 1 amide bonds. The molecule has 12 heteroatoms. The number of rotatable bonds is 6. The predicted molar refractivity (Wildman–Crippen MR) is 116 cm³/mol. The summed E-state index contributed by atoms with van der Waals surface area (Å²) in [6.07, 6.45) is -6.05. The standard InChI is InChI=1S/C22H15Cl2F5N2O3/c1-10(22(27,28)29)34-19-7-12(18-5-11(9-32)15(24)8-30-18)17(26)6-13(19)21(33)31-20-14(23)3-2-4-16(20)25/h2-8,10,32H,9H2,1H3,(H,31,33). The minimum atomic E-state index is -4.81. The highest BCUT2D eigenvalue weighted by atomic mass is 35.5. The number of hydrogen-bond donors (Lipinski definition) is 2. The van der Waals surface area contributed by atoms with Gasteiger partial charge in [0.1, 0.15) is 17.4 Å². The van der Waals surface area contributed by atoms with E-state index < -0.39 is 53.4 Å². The zero-order valence-electron chi connectivity index (χ0n) is 17.2. The van der Waals surface area contributed by atoms with Crippen LogP contribution in [0, 0.1) is 11.6 Å². The molecule has 2 aromatic carbocycles. The van der Waals surface area contributed by atoms with E-state index in [0.717, 1.165) is 18.3 Å². The number of nitrogens with zero attached hydrogens (tertiary/aromatic N) is 1. The predicted octanol–water partition coefficient (Wildman–Crippen LogP) is 6.41. The van der Waals surface area contributed by atoms with Gasteiger partial charge in [-0.3, -0.25) is 9.78 Å². The Labute approximate surface area is 200 Å². The monoisotopic (exact) mass is 520 g/mol. The number of alkyl halides is 3. The van der Waals surface area contributed by atoms with Crippen LogP contribution in [0.3, 0.4) is 0 Å². The Morgan fingerprint density at radius 2 is 1.85 bits per heavy atom. The first-order valence-corrected chi connectivity index (χ1v) is 10.3. The summed E-state index contributed by atoms with van der Waals surface area (Å²) in [5, 5.41) is 11.4. The van der Waals surface area contributed by atoms with Crippen LogP contribution in [-0.4, -0.2) is 28.3 Å². The van der Waals surface area contributed by atoms with Crippen LogP contribution in [0.4, 0.5) is 27.6 Å². The summed E-state index contributed by atoms with van der Waals surface area (Å²) in [6.45, 7) is 0.192. The highest BCUT2D eigenvalue weighted by Crippen LogP contribution is 2.35. The normalized spacial score (nSPS) is 12.4. The number of carbonyl (C=O) groups excluding carboxylic acids is 1. The van der Waals surface area contributed by atoms with Gasteiger partial charge in [0.15, 0.2) is 6.10 Å². The van der Waals surface area contributed by atoms with Gasteiger partial charge >= 0.3 is 6.18 Å². The SMILES string of the molecule is CC(Oc1cc(-c2cc(CO)c(Cl)cn2)c(F)cc1C(=O)Nc1c(F)cccc1Cl)C(F)(F)F. The lowest BCUT2D eigenvalue weighted by Crippen LogP contribution is -2.32. The summed E-state index contributed by atoms with van der Waals surface area (Å²) in [5.74, 6) is -3.77. The van der Waals surface area contributed by atoms with Crippen LogP contribution in [-0.2, 0) is 6.61 Å². The molecule has 0 aliphatic rings. The van der Waals surface area contributed by atoms with E-state index >= 15 is 0 Å². The molecule has 3 aromatic rings. The lowest BCUT2D eigenvalue weighted by atomic mass is 10.0. The molecule has 1 heterocycles. The summed E-state index contributed by atoms with van der Waals surface area (Å²) in [6, 6.07) is 6.27. The summed E-state index contributed by atoms with van der Waals surface area (Å²) >= 11 is 11.8. The second-order valence-corrected chi connectivity index (χ2v) is 7.81. The van der Waals surface area contributed by atoms with Crippen molar-refractivity contribution in [3.63, 3.8) is 0 Å². The third-order valence-electron chi connectivity index (χ3n) is 4.66. The lowest BCUT2D eigenvalue weighted by Gasteiger charge is -2.21. The fourth-order valence-corrected chi connectivity index (χ4v) is 3.20. The van der Waals surface area contributed by atoms with E-state index in [1.807, 2.05) is 0 Å². The van der Waals surface area contributed by atoms with E-state index in [-0.39, 0.29) is 26.9 Å². The smallest absolute Gasteiger partial charge is 0.425 e. The van der Waals surface area contributed by atoms with Gasteiger partial charge in [-0.2, -0.15) is 13.2 Å². The Morgan fingerprint density at radius 3 is 2.47 bits per heavy atom. The lowest BCUT2D eigenvalue weighted by molar-refractivity contribution is -0.189. The van der Waals surface area contributed by atoms with Crippen molar-refractivity contribution < 1.29 is 36.6 Å². The Hall–Kier alpha value is -2.95. The molecular formula is C22H15Cl2F5N2O3. The number of para-hydroxylation sites is 1. The molecule has 0 radical (unpaired) electrons. The number of nitrogens with one attached hydrogen (secondary N) is 1. The number of aliphatic hydroxyl groups excluding tert-OH is 1. The van der Waals surface area contributed by atoms with E-state index in [1.165, 1.54) is 18.2 Å². The van der Waals surface area contributed by atoms with Crippen LogP contribution in [0.5, 0.6) is 5.75 Å². The van der Waals surface area contributed by atoms with E-state index in [2.05, 4.69) is 10.3 Å². The van der Waals surface area contributed by atoms with Gasteiger partial charge in [-0.15, -0.1) is 0 Å². The first-order chi connectivity index (χ1) is 15.9. The molecule has 3 rings (SSSR count). The van der Waals surface area contributed by atoms with Gasteiger partial charge in [-0.1, -0.05) is 29.3 Å². The summed E-state index contributed by atoms with van der Waals surface area (Å²) in [7, 11) is 0. The number of aromatic nitrogens is 1. The fourth-order valence-electron chi connectivity index (χ4n) is 2.83. The molecule has 34 heavy (non-hydrogen) atoms. The van der Waals surface area contributed by atoms with Gasteiger partial charge < -0.3 is 15.2 Å². The van der Waals surface area contributed by atoms with Gasteiger partial charge in [0.25, 0.3) is 5.91 Å². The highest BCUT2D eigenvalue weighted by Gasteiger charge is 2.39. The van der Waals surface area contributed by atoms with Gasteiger partial charge in [0.2, 0.25) is 0 Å². The number of hydrogen-bond acceptors (Lipinski definition) is 4. The van der Waals surface area contributed by atoms with Crippen molar-refractivity contribution in [3.05, 3.63) is 75.4 Å². The minimum Gasteiger partial charge on any atom is -0.480 e. The second-order valence-electron chi connectivity index (χ2n) is 7.00. The third kappa shape index (κ3) is 5.57. The van der Waals surface area contributed by atoms with Crippen LogP contribution >= 0.6 is 23.2 Å². The molecule has 0 bridgehead atoms. The molecule has 1 atom stereocenters. The quantitative estimate of drug-likeness (QED) is 0.368. The molecule has 5 nitrogen and oxygen atoms in total. The maximum Gasteiger partial charge on any atom is 0.425 e. The molecule has 2 N–H and O–H groups in total. The molecule has 0 aliphatic heterocycles. The minimum absolute atomic E-state index is 0.0837. The first kappa shape index (κ1) is 25.7. The van der Waals surface area contributed by atoms with Crippen molar-refractivity contribution in [3.8, 4) is 17.0 Å². The Kier molecular flexibility index (Phi) is 7.64. The average molecular weight is 521 g/mol. The topological polar surface area (TPSA) is 71.5 Å². The highest BCUT2D eigenvalue weighted by molar-refractivity contribution is 6.34. The molecule has 1 aromatic heterocycles. The maximum absolute atomic E-state index is 15.0. The number of benzene rings is 2. The summed E-state index contributed by atoms with van der Waals surface area (Å²) < 4.78 is 73.4. The number of pyridine rings is 1. The molecule has 0 spiro atoms. The third-order valence-corrected chi connectivity index (χ3v) is 5.32. The molecule has 0 aliphatic carbocycles. The van der Waals surface area contributed by atoms with Crippen molar-refractivity contribution in [2.24, 2.45) is 0 Å². The Bertz CT molecular complexity index is 1220. The second kappa shape index (κ2) is 10.1. The number of amides is 1. The first-order valence-electron chi connectivity index (χ1n) is 9.50. The average Bonchev–Trinajstić information content (AvgIpc) is 2.77. The van der Waals surface area contributed by atoms with Gasteiger partial charge in [-0.05, 0) is 42.8 Å². The molecular weight excluding hydrogens is 506 g/mol. The van der Waals surface area contributed by atoms with Crippen LogP contribution in [0.1, 0.15) is 22.8 Å². The van der Waals surface area contributed by atoms with E-state index in [0.29, 0.717) is 13.0 Å². The molecule has 0 saturated heterocycles. The number of carbonyl (C=O) groups is 1. The summed E-state index contributed by atoms with van der Waals surface area (Å²) in [5.41, 5.74) is -1.31. The van der Waals surface area contributed by atoms with Crippen LogP contribution in [0.2, 0.25) is 10.0 Å². The van der Waals surface area contributed by atoms with Gasteiger partial charge in [0.05, 0.1) is 33.6 Å². The summed E-state index contributed by atoms with van der Waals surface area (Å²) in [4.78, 5) is 16.7. The number of aliphatic hydroxyl groups is 1. The maximum atomic E-state index is 15.0. The van der Waals surface area contributed by atoms with Crippen LogP contribution < -0.4 is 10.1 Å². The molecule has 180 valence electrons. The van der Waals surface area contributed by atoms with Crippen molar-refractivity contribution in [2.45, 2.75) is 25.8 Å². The van der Waals surface area contributed by atoms with Crippen molar-refractivity contribution in [1.82, 2.24) is 4.98 Å². The van der Waals surface area contributed by atoms with Crippen molar-refractivity contribution in [2.75, 3.05) is 5.32 Å². The number of ether oxygens (including phenoxy) is 1. The number of anilines is 1. The Morgan fingerprint density at radius 1 is 1.15 bits per heavy atom. The van der Waals surface area contributed by atoms with Crippen molar-refractivity contribution in [1.29, 1.82) is 0 Å². The molecule has 0 saturated carbocycles. The zero-order valence-corrected chi connectivity index (χ0v) is 18.7. The van der Waals surface area contributed by atoms with Crippen molar-refractivity contribution >= 4 is 34.8 Å². The van der Waals surface area contributed by atoms with E-state index in [9.17, 15) is 31.9 Å². The largest absolute Gasteiger partial charge is 0.480 e. The van der Waals surface area contributed by atoms with E-state index in [1.54, 1.807) is 0 Å². The zero-order chi connectivity index (χ0) is 25.2. The molecule has 0 fully saturated rings. The number of halogens is 7. The van der Waals surface area contributed by atoms with E-state index in [4.69, 9.17) is 27.9 Å². The van der Waals surface area contributed by atoms with Crippen LogP contribution in [0.15, 0.2) is 42.6 Å². The fraction of sp³-hybridized carbons (Fsp3) is 0.182. The van der Waals surface area contributed by atoms with Crippen LogP contribution in [0.25, 0.3) is 11.3 Å². The Balaban J connectivity index is 2.11. The van der Waals surface area contributed by atoms with Gasteiger partial charge in [0, 0.05) is 11.8 Å². The van der Waals surface area contributed by atoms with Gasteiger partial charge in [-0.25, -0.2) is 8.78 Å².